The molecule has 0 saturated carbocycles. The van der Waals surface area contributed by atoms with Crippen molar-refractivity contribution < 1.29 is 4.79 Å². The van der Waals surface area contributed by atoms with Gasteiger partial charge >= 0.3 is 0 Å². The van der Waals surface area contributed by atoms with Crippen molar-refractivity contribution in [1.82, 2.24) is 4.90 Å². The van der Waals surface area contributed by atoms with Gasteiger partial charge in [-0.1, -0.05) is 24.6 Å². The first-order chi connectivity index (χ1) is 5.61. The summed E-state index contributed by atoms with van der Waals surface area (Å²) in [6, 6.07) is 0. The molecule has 0 heterocycles. The first-order valence-corrected chi connectivity index (χ1v) is 4.16. The molecule has 0 saturated heterocycles. The van der Waals surface area contributed by atoms with E-state index >= 15 is 0 Å². The zero-order valence-electron chi connectivity index (χ0n) is 8.29. The van der Waals surface area contributed by atoms with Crippen LogP contribution in [0.1, 0.15) is 20.3 Å². The number of hydrogen-bond donors (Lipinski definition) is 0. The Morgan fingerprint density at radius 2 is 1.92 bits per heavy atom. The highest BCUT2D eigenvalue weighted by molar-refractivity contribution is 5.87. The molecule has 0 spiro atoms. The minimum Gasteiger partial charge on any atom is -0.345 e. The van der Waals surface area contributed by atoms with E-state index in [-0.39, 0.29) is 5.91 Å². The van der Waals surface area contributed by atoms with E-state index in [0.29, 0.717) is 0 Å². The molecule has 12 heavy (non-hydrogen) atoms. The van der Waals surface area contributed by atoms with Crippen LogP contribution < -0.4 is 0 Å². The first-order valence-electron chi connectivity index (χ1n) is 4.16. The van der Waals surface area contributed by atoms with Crippen LogP contribution in [0, 0.1) is 0 Å². The number of allylic oxidation sites excluding steroid dienone is 3. The Hall–Kier alpha value is -1.05. The predicted octanol–water partition coefficient (Wildman–Crippen LogP) is 1.99. The summed E-state index contributed by atoms with van der Waals surface area (Å²) in [4.78, 5) is 12.6. The molecule has 0 aromatic carbocycles. The summed E-state index contributed by atoms with van der Waals surface area (Å²) in [5.74, 6) is 0.0304. The summed E-state index contributed by atoms with van der Waals surface area (Å²) in [6.45, 7) is 4.04. The highest BCUT2D eigenvalue weighted by atomic mass is 16.2. The van der Waals surface area contributed by atoms with Gasteiger partial charge in [-0.05, 0) is 13.3 Å². The third kappa shape index (κ3) is 3.96. The number of hydrogen-bond acceptors (Lipinski definition) is 1. The molecule has 0 aliphatic rings. The summed E-state index contributed by atoms with van der Waals surface area (Å²) in [5, 5.41) is 0. The summed E-state index contributed by atoms with van der Waals surface area (Å²) in [7, 11) is 3.49. The molecule has 0 bridgehead atoms. The molecular weight excluding hydrogens is 150 g/mol. The van der Waals surface area contributed by atoms with Gasteiger partial charge in [0.25, 0.3) is 0 Å². The fourth-order valence-corrected chi connectivity index (χ4v) is 0.746. The Bertz CT molecular complexity index is 202. The van der Waals surface area contributed by atoms with Gasteiger partial charge in [0.2, 0.25) is 5.91 Å². The van der Waals surface area contributed by atoms with E-state index in [1.54, 1.807) is 25.1 Å². The molecule has 2 nitrogen and oxygen atoms in total. The minimum absolute atomic E-state index is 0.0304. The second kappa shape index (κ2) is 5.58. The lowest BCUT2D eigenvalue weighted by Crippen LogP contribution is -2.18. The number of rotatable bonds is 3. The SMILES string of the molecule is C/C=C(/C=C/C(=O)N(C)C)CC. The van der Waals surface area contributed by atoms with Gasteiger partial charge in [0.05, 0.1) is 0 Å². The average molecular weight is 167 g/mol. The van der Waals surface area contributed by atoms with Gasteiger partial charge in [0.15, 0.2) is 0 Å². The Morgan fingerprint density at radius 1 is 1.33 bits per heavy atom. The normalized spacial score (nSPS) is 12.2. The van der Waals surface area contributed by atoms with Crippen LogP contribution in [0.15, 0.2) is 23.8 Å². The lowest BCUT2D eigenvalue weighted by Gasteiger charge is -2.05. The molecule has 0 aliphatic heterocycles. The number of likely N-dealkylation sites (N-methyl/N-ethyl adjacent to an activating group) is 1. The Balaban J connectivity index is 4.15. The van der Waals surface area contributed by atoms with Gasteiger partial charge in [-0.3, -0.25) is 4.79 Å². The summed E-state index contributed by atoms with van der Waals surface area (Å²) >= 11 is 0. The lowest BCUT2D eigenvalue weighted by atomic mass is 10.2. The van der Waals surface area contributed by atoms with Crippen molar-refractivity contribution >= 4 is 5.91 Å². The van der Waals surface area contributed by atoms with Gasteiger partial charge in [-0.2, -0.15) is 0 Å². The van der Waals surface area contributed by atoms with Crippen LogP contribution in [0.2, 0.25) is 0 Å². The fraction of sp³-hybridized carbons (Fsp3) is 0.500. The monoisotopic (exact) mass is 167 g/mol. The molecule has 2 heteroatoms. The quantitative estimate of drug-likeness (QED) is 0.465. The third-order valence-electron chi connectivity index (χ3n) is 1.66. The molecule has 0 radical (unpaired) electrons. The molecule has 0 fully saturated rings. The molecule has 68 valence electrons. The van der Waals surface area contributed by atoms with E-state index in [4.69, 9.17) is 0 Å². The van der Waals surface area contributed by atoms with Gasteiger partial charge in [-0.15, -0.1) is 0 Å². The zero-order chi connectivity index (χ0) is 9.56. The summed E-state index contributed by atoms with van der Waals surface area (Å²) in [6.07, 6.45) is 6.44. The van der Waals surface area contributed by atoms with Crippen molar-refractivity contribution in [3.8, 4) is 0 Å². The smallest absolute Gasteiger partial charge is 0.246 e. The van der Waals surface area contributed by atoms with Crippen LogP contribution in [-0.2, 0) is 4.79 Å². The maximum atomic E-state index is 11.1. The van der Waals surface area contributed by atoms with E-state index < -0.39 is 0 Å². The number of carbonyl (C=O) groups is 1. The second-order valence-electron chi connectivity index (χ2n) is 2.78. The van der Waals surface area contributed by atoms with Gasteiger partial charge in [-0.25, -0.2) is 0 Å². The van der Waals surface area contributed by atoms with Crippen molar-refractivity contribution in [2.45, 2.75) is 20.3 Å². The summed E-state index contributed by atoms with van der Waals surface area (Å²) in [5.41, 5.74) is 1.19. The van der Waals surface area contributed by atoms with Crippen molar-refractivity contribution in [2.24, 2.45) is 0 Å². The zero-order valence-corrected chi connectivity index (χ0v) is 8.29. The largest absolute Gasteiger partial charge is 0.345 e. The molecule has 0 aromatic heterocycles. The number of nitrogens with zero attached hydrogens (tertiary/aromatic N) is 1. The molecule has 0 rings (SSSR count). The highest BCUT2D eigenvalue weighted by Gasteiger charge is 1.96. The van der Waals surface area contributed by atoms with Crippen LogP contribution in [-0.4, -0.2) is 24.9 Å². The number of amides is 1. The van der Waals surface area contributed by atoms with E-state index in [1.165, 1.54) is 5.57 Å². The van der Waals surface area contributed by atoms with Crippen molar-refractivity contribution in [2.75, 3.05) is 14.1 Å². The maximum absolute atomic E-state index is 11.1. The second-order valence-corrected chi connectivity index (χ2v) is 2.78. The molecule has 0 unspecified atom stereocenters. The minimum atomic E-state index is 0.0304. The average Bonchev–Trinajstić information content (AvgIpc) is 2.05. The fourth-order valence-electron chi connectivity index (χ4n) is 0.746. The lowest BCUT2D eigenvalue weighted by molar-refractivity contribution is -0.123. The Morgan fingerprint density at radius 3 is 2.25 bits per heavy atom. The van der Waals surface area contributed by atoms with E-state index in [0.717, 1.165) is 6.42 Å². The summed E-state index contributed by atoms with van der Waals surface area (Å²) < 4.78 is 0. The Labute approximate surface area is 74.6 Å². The Kier molecular flexibility index (Phi) is 5.09. The van der Waals surface area contributed by atoms with E-state index in [1.807, 2.05) is 19.1 Å². The molecule has 0 N–H and O–H groups in total. The standard InChI is InChI=1S/C10H17NO/c1-5-9(6-2)7-8-10(12)11(3)4/h5,7-8H,6H2,1-4H3/b8-7+,9-5+. The third-order valence-corrected chi connectivity index (χ3v) is 1.66. The molecule has 1 amide bonds. The van der Waals surface area contributed by atoms with Crippen molar-refractivity contribution in [3.05, 3.63) is 23.8 Å². The highest BCUT2D eigenvalue weighted by Crippen LogP contribution is 2.01. The van der Waals surface area contributed by atoms with E-state index in [9.17, 15) is 4.79 Å². The first kappa shape index (κ1) is 11.0. The van der Waals surface area contributed by atoms with Gasteiger partial charge in [0, 0.05) is 20.2 Å². The molecule has 0 atom stereocenters. The van der Waals surface area contributed by atoms with Crippen molar-refractivity contribution in [1.29, 1.82) is 0 Å². The van der Waals surface area contributed by atoms with Crippen LogP contribution in [0.5, 0.6) is 0 Å². The number of carbonyl (C=O) groups excluding carboxylic acids is 1. The van der Waals surface area contributed by atoms with Crippen molar-refractivity contribution in [3.63, 3.8) is 0 Å². The molecule has 0 aromatic rings. The van der Waals surface area contributed by atoms with Crippen LogP contribution >= 0.6 is 0 Å². The van der Waals surface area contributed by atoms with Crippen LogP contribution in [0.4, 0.5) is 0 Å². The molecule has 0 aliphatic carbocycles. The van der Waals surface area contributed by atoms with E-state index in [2.05, 4.69) is 6.92 Å². The van der Waals surface area contributed by atoms with Gasteiger partial charge in [0.1, 0.15) is 0 Å². The molecular formula is C10H17NO. The predicted molar refractivity (Wildman–Crippen MR) is 51.9 cm³/mol. The van der Waals surface area contributed by atoms with Crippen LogP contribution in [0.25, 0.3) is 0 Å². The maximum Gasteiger partial charge on any atom is 0.246 e. The topological polar surface area (TPSA) is 20.3 Å². The van der Waals surface area contributed by atoms with Gasteiger partial charge < -0.3 is 4.90 Å². The van der Waals surface area contributed by atoms with Crippen LogP contribution in [0.3, 0.4) is 0 Å².